The Hall–Kier alpha value is -3.78. The van der Waals surface area contributed by atoms with E-state index in [2.05, 4.69) is 4.98 Å². The molecule has 1 heterocycles. The van der Waals surface area contributed by atoms with E-state index in [9.17, 15) is 19.7 Å². The third-order valence-electron chi connectivity index (χ3n) is 4.77. The molecule has 0 saturated carbocycles. The van der Waals surface area contributed by atoms with E-state index in [0.717, 1.165) is 17.3 Å². The van der Waals surface area contributed by atoms with Crippen LogP contribution in [0.25, 0.3) is 16.6 Å². The van der Waals surface area contributed by atoms with E-state index in [-0.39, 0.29) is 22.8 Å². The number of Topliss-reactive ketones (excluding diaryl/α,β-unsaturated/α-hetero) is 1. The highest BCUT2D eigenvalue weighted by molar-refractivity contribution is 7.99. The molecule has 3 aromatic carbocycles. The summed E-state index contributed by atoms with van der Waals surface area (Å²) in [7, 11) is 0. The molecule has 0 bridgehead atoms. The predicted molar refractivity (Wildman–Crippen MR) is 120 cm³/mol. The van der Waals surface area contributed by atoms with Crippen LogP contribution in [0, 0.1) is 17.0 Å². The van der Waals surface area contributed by atoms with Crippen molar-refractivity contribution in [3.8, 4) is 5.69 Å². The number of thioether (sulfide) groups is 1. The van der Waals surface area contributed by atoms with Gasteiger partial charge in [-0.1, -0.05) is 41.6 Å². The van der Waals surface area contributed by atoms with Crippen LogP contribution in [0.3, 0.4) is 0 Å². The number of nitrogens with zero attached hydrogens (tertiary/aromatic N) is 3. The first-order valence-corrected chi connectivity index (χ1v) is 10.4. The van der Waals surface area contributed by atoms with Gasteiger partial charge in [0.15, 0.2) is 10.9 Å². The fraction of sp³-hybridized carbons (Fsp3) is 0.0870. The molecule has 0 radical (unpaired) electrons. The van der Waals surface area contributed by atoms with Gasteiger partial charge in [0.2, 0.25) is 0 Å². The zero-order valence-corrected chi connectivity index (χ0v) is 17.3. The summed E-state index contributed by atoms with van der Waals surface area (Å²) in [5, 5.41) is 11.7. The molecule has 4 rings (SSSR count). The topological polar surface area (TPSA) is 95.1 Å². The number of ketones is 1. The Labute approximate surface area is 181 Å². The van der Waals surface area contributed by atoms with Crippen LogP contribution < -0.4 is 5.56 Å². The predicted octanol–water partition coefficient (Wildman–Crippen LogP) is 4.58. The molecule has 0 aliphatic rings. The van der Waals surface area contributed by atoms with Gasteiger partial charge in [0, 0.05) is 17.7 Å². The van der Waals surface area contributed by atoms with Gasteiger partial charge in [-0.05, 0) is 43.3 Å². The average molecular weight is 431 g/mol. The van der Waals surface area contributed by atoms with E-state index in [4.69, 9.17) is 0 Å². The number of para-hydroxylation sites is 1. The lowest BCUT2D eigenvalue weighted by Gasteiger charge is -2.13. The largest absolute Gasteiger partial charge is 0.293 e. The van der Waals surface area contributed by atoms with Crippen molar-refractivity contribution < 1.29 is 9.72 Å². The van der Waals surface area contributed by atoms with Crippen molar-refractivity contribution in [1.82, 2.24) is 9.55 Å². The van der Waals surface area contributed by atoms with Gasteiger partial charge in [-0.25, -0.2) is 4.98 Å². The van der Waals surface area contributed by atoms with Crippen LogP contribution >= 0.6 is 11.8 Å². The number of hydrogen-bond donors (Lipinski definition) is 0. The number of fused-ring (bicyclic) bond motifs is 1. The van der Waals surface area contributed by atoms with Crippen molar-refractivity contribution >= 4 is 34.1 Å². The van der Waals surface area contributed by atoms with Gasteiger partial charge >= 0.3 is 0 Å². The van der Waals surface area contributed by atoms with Crippen molar-refractivity contribution in [2.75, 3.05) is 5.75 Å². The van der Waals surface area contributed by atoms with E-state index in [1.54, 1.807) is 18.2 Å². The maximum absolute atomic E-state index is 13.2. The molecule has 0 fully saturated rings. The summed E-state index contributed by atoms with van der Waals surface area (Å²) in [5.74, 6) is -0.174. The van der Waals surface area contributed by atoms with Gasteiger partial charge in [0.25, 0.3) is 11.2 Å². The zero-order chi connectivity index (χ0) is 22.0. The molecule has 4 aromatic rings. The van der Waals surface area contributed by atoms with Crippen LogP contribution in [0.1, 0.15) is 15.9 Å². The Morgan fingerprint density at radius 2 is 1.71 bits per heavy atom. The normalized spacial score (nSPS) is 10.9. The van der Waals surface area contributed by atoms with Gasteiger partial charge in [-0.2, -0.15) is 0 Å². The molecule has 0 atom stereocenters. The first kappa shape index (κ1) is 20.5. The molecular formula is C23H17N3O4S. The summed E-state index contributed by atoms with van der Waals surface area (Å²) >= 11 is 1.16. The van der Waals surface area contributed by atoms with Crippen molar-refractivity contribution in [2.24, 2.45) is 0 Å². The molecule has 7 nitrogen and oxygen atoms in total. The Bertz CT molecular complexity index is 1350. The summed E-state index contributed by atoms with van der Waals surface area (Å²) in [6.45, 7) is 1.96. The molecule has 0 unspecified atom stereocenters. The van der Waals surface area contributed by atoms with Gasteiger partial charge in [-0.3, -0.25) is 24.3 Å². The third-order valence-corrected chi connectivity index (χ3v) is 5.71. The summed E-state index contributed by atoms with van der Waals surface area (Å²) in [6.07, 6.45) is 0. The minimum Gasteiger partial charge on any atom is -0.293 e. The number of rotatable bonds is 6. The van der Waals surface area contributed by atoms with Gasteiger partial charge < -0.3 is 0 Å². The second kappa shape index (κ2) is 8.53. The molecule has 0 N–H and O–H groups in total. The highest BCUT2D eigenvalue weighted by Crippen LogP contribution is 2.23. The van der Waals surface area contributed by atoms with Crippen molar-refractivity contribution in [2.45, 2.75) is 12.1 Å². The van der Waals surface area contributed by atoms with Crippen molar-refractivity contribution in [1.29, 1.82) is 0 Å². The smallest absolute Gasteiger partial charge is 0.269 e. The van der Waals surface area contributed by atoms with Crippen LogP contribution in [0.15, 0.2) is 82.7 Å². The van der Waals surface area contributed by atoms with Crippen LogP contribution in [0.4, 0.5) is 5.69 Å². The summed E-state index contributed by atoms with van der Waals surface area (Å²) in [4.78, 5) is 40.8. The SMILES string of the molecule is Cc1ccc(-n2c(SCC(=O)c3ccc([N+](=O)[O-])cc3)nc3ccccc3c2=O)cc1. The fourth-order valence-corrected chi connectivity index (χ4v) is 4.02. The molecule has 0 saturated heterocycles. The number of hydrogen-bond acceptors (Lipinski definition) is 6. The third kappa shape index (κ3) is 4.24. The standard InChI is InChI=1S/C23H17N3O4S/c1-15-6-10-17(11-7-15)25-22(28)19-4-2-3-5-20(19)24-23(25)31-14-21(27)16-8-12-18(13-9-16)26(29)30/h2-13H,14H2,1H3. The maximum Gasteiger partial charge on any atom is 0.269 e. The molecule has 0 spiro atoms. The molecule has 31 heavy (non-hydrogen) atoms. The number of non-ortho nitro benzene ring substituents is 1. The highest BCUT2D eigenvalue weighted by atomic mass is 32.2. The Morgan fingerprint density at radius 1 is 1.03 bits per heavy atom. The van der Waals surface area contributed by atoms with E-state index in [1.807, 2.05) is 37.3 Å². The van der Waals surface area contributed by atoms with E-state index >= 15 is 0 Å². The molecule has 0 aliphatic heterocycles. The summed E-state index contributed by atoms with van der Waals surface area (Å²) in [6, 6.07) is 20.1. The van der Waals surface area contributed by atoms with Crippen molar-refractivity contribution in [3.63, 3.8) is 0 Å². The lowest BCUT2D eigenvalue weighted by molar-refractivity contribution is -0.384. The molecule has 8 heteroatoms. The molecule has 0 amide bonds. The molecular weight excluding hydrogens is 414 g/mol. The first-order chi connectivity index (χ1) is 14.9. The lowest BCUT2D eigenvalue weighted by atomic mass is 10.1. The minimum atomic E-state index is -0.512. The van der Waals surface area contributed by atoms with E-state index < -0.39 is 4.92 Å². The summed E-state index contributed by atoms with van der Waals surface area (Å²) in [5.41, 5.74) is 2.37. The maximum atomic E-state index is 13.2. The van der Waals surface area contributed by atoms with Gasteiger partial charge in [-0.15, -0.1) is 0 Å². The zero-order valence-electron chi connectivity index (χ0n) is 16.5. The van der Waals surface area contributed by atoms with Crippen LogP contribution in [-0.2, 0) is 0 Å². The number of aryl methyl sites for hydroxylation is 1. The number of nitro benzene ring substituents is 1. The number of carbonyl (C=O) groups is 1. The summed E-state index contributed by atoms with van der Waals surface area (Å²) < 4.78 is 1.51. The number of nitro groups is 1. The molecule has 154 valence electrons. The monoisotopic (exact) mass is 431 g/mol. The highest BCUT2D eigenvalue weighted by Gasteiger charge is 2.16. The van der Waals surface area contributed by atoms with Crippen molar-refractivity contribution in [3.05, 3.63) is 104 Å². The number of aromatic nitrogens is 2. The second-order valence-electron chi connectivity index (χ2n) is 6.90. The van der Waals surface area contributed by atoms with E-state index in [0.29, 0.717) is 27.3 Å². The fourth-order valence-electron chi connectivity index (χ4n) is 3.11. The first-order valence-electron chi connectivity index (χ1n) is 9.43. The molecule has 1 aromatic heterocycles. The number of carbonyl (C=O) groups excluding carboxylic acids is 1. The Kier molecular flexibility index (Phi) is 5.64. The Morgan fingerprint density at radius 3 is 2.39 bits per heavy atom. The van der Waals surface area contributed by atoms with Gasteiger partial charge in [0.1, 0.15) is 0 Å². The average Bonchev–Trinajstić information content (AvgIpc) is 2.78. The van der Waals surface area contributed by atoms with E-state index in [1.165, 1.54) is 28.8 Å². The Balaban J connectivity index is 1.70. The van der Waals surface area contributed by atoms with Crippen LogP contribution in [0.2, 0.25) is 0 Å². The second-order valence-corrected chi connectivity index (χ2v) is 7.85. The minimum absolute atomic E-state index is 0.0362. The van der Waals surface area contributed by atoms with Crippen LogP contribution in [0.5, 0.6) is 0 Å². The molecule has 0 aliphatic carbocycles. The lowest BCUT2D eigenvalue weighted by Crippen LogP contribution is -2.22. The number of benzene rings is 3. The van der Waals surface area contributed by atoms with Gasteiger partial charge in [0.05, 0.1) is 27.3 Å². The van der Waals surface area contributed by atoms with Crippen LogP contribution in [-0.4, -0.2) is 26.0 Å². The quantitative estimate of drug-likeness (QED) is 0.146.